The maximum atomic E-state index is 13.4. The standard InChI is InChI=1S/C29H40BrNO3/c1-9-28(5,6)20-15-16-25(22(17-20)29(7,8)10-2)34-26(19(3)4)27(33)31-23-14-12-11-13-21(23)24(32)18-30/h11-17,19,26H,9-10,18H2,1-8H3,(H,31,33). The van der Waals surface area contributed by atoms with Crippen molar-refractivity contribution in [1.82, 2.24) is 0 Å². The Bertz CT molecular complexity index is 1010. The van der Waals surface area contributed by atoms with Crippen molar-refractivity contribution in [2.45, 2.75) is 85.2 Å². The number of amides is 1. The first-order chi connectivity index (χ1) is 15.9. The van der Waals surface area contributed by atoms with Crippen LogP contribution < -0.4 is 10.1 Å². The van der Waals surface area contributed by atoms with Crippen LogP contribution in [0.2, 0.25) is 0 Å². The van der Waals surface area contributed by atoms with Crippen LogP contribution in [0.3, 0.4) is 0 Å². The van der Waals surface area contributed by atoms with Crippen molar-refractivity contribution < 1.29 is 14.3 Å². The molecule has 2 aromatic carbocycles. The Kier molecular flexibility index (Phi) is 9.53. The van der Waals surface area contributed by atoms with Crippen molar-refractivity contribution in [3.05, 3.63) is 59.2 Å². The van der Waals surface area contributed by atoms with E-state index in [-0.39, 0.29) is 33.8 Å². The molecule has 0 radical (unpaired) electrons. The molecular weight excluding hydrogens is 490 g/mol. The van der Waals surface area contributed by atoms with Crippen LogP contribution in [0.15, 0.2) is 42.5 Å². The lowest BCUT2D eigenvalue weighted by Gasteiger charge is -2.32. The van der Waals surface area contributed by atoms with Crippen LogP contribution in [0.25, 0.3) is 0 Å². The van der Waals surface area contributed by atoms with Crippen LogP contribution in [-0.4, -0.2) is 23.1 Å². The molecule has 5 heteroatoms. The predicted molar refractivity (Wildman–Crippen MR) is 146 cm³/mol. The van der Waals surface area contributed by atoms with E-state index >= 15 is 0 Å². The summed E-state index contributed by atoms with van der Waals surface area (Å²) in [6, 6.07) is 13.5. The summed E-state index contributed by atoms with van der Waals surface area (Å²) in [7, 11) is 0. The summed E-state index contributed by atoms with van der Waals surface area (Å²) in [5.41, 5.74) is 3.31. The molecule has 1 unspecified atom stereocenters. The van der Waals surface area contributed by atoms with Crippen molar-refractivity contribution in [2.75, 3.05) is 10.6 Å². The summed E-state index contributed by atoms with van der Waals surface area (Å²) >= 11 is 3.22. The summed E-state index contributed by atoms with van der Waals surface area (Å²) in [6.45, 7) is 17.2. The second-order valence-electron chi connectivity index (χ2n) is 10.6. The van der Waals surface area contributed by atoms with E-state index in [0.29, 0.717) is 11.3 Å². The third kappa shape index (κ3) is 6.50. The van der Waals surface area contributed by atoms with Crippen LogP contribution in [0.4, 0.5) is 5.69 Å². The van der Waals surface area contributed by atoms with Crippen LogP contribution in [0.5, 0.6) is 5.75 Å². The minimum absolute atomic E-state index is 0.0532. The lowest BCUT2D eigenvalue weighted by molar-refractivity contribution is -0.124. The van der Waals surface area contributed by atoms with E-state index in [9.17, 15) is 9.59 Å². The van der Waals surface area contributed by atoms with Crippen molar-refractivity contribution in [2.24, 2.45) is 5.92 Å². The van der Waals surface area contributed by atoms with Crippen LogP contribution >= 0.6 is 15.9 Å². The number of halogens is 1. The first-order valence-electron chi connectivity index (χ1n) is 12.2. The van der Waals surface area contributed by atoms with Gasteiger partial charge in [0.05, 0.1) is 11.0 Å². The van der Waals surface area contributed by atoms with Gasteiger partial charge < -0.3 is 10.1 Å². The normalized spacial score (nSPS) is 13.0. The van der Waals surface area contributed by atoms with Gasteiger partial charge in [-0.2, -0.15) is 0 Å². The number of Topliss-reactive ketones (excluding diaryl/α,β-unsaturated/α-hetero) is 1. The Morgan fingerprint density at radius 1 is 0.971 bits per heavy atom. The molecule has 0 spiro atoms. The van der Waals surface area contributed by atoms with Gasteiger partial charge in [-0.25, -0.2) is 0 Å². The molecule has 1 amide bonds. The topological polar surface area (TPSA) is 55.4 Å². The third-order valence-corrected chi connectivity index (χ3v) is 7.49. The van der Waals surface area contributed by atoms with E-state index in [1.165, 1.54) is 5.56 Å². The number of ketones is 1. The van der Waals surface area contributed by atoms with Gasteiger partial charge in [-0.15, -0.1) is 0 Å². The highest BCUT2D eigenvalue weighted by Gasteiger charge is 2.31. The first kappa shape index (κ1) is 28.1. The summed E-state index contributed by atoms with van der Waals surface area (Å²) in [6.07, 6.45) is 1.27. The molecule has 0 aliphatic rings. The highest BCUT2D eigenvalue weighted by Crippen LogP contribution is 2.39. The number of hydrogen-bond acceptors (Lipinski definition) is 3. The Morgan fingerprint density at radius 3 is 2.15 bits per heavy atom. The predicted octanol–water partition coefficient (Wildman–Crippen LogP) is 7.68. The van der Waals surface area contributed by atoms with Crippen LogP contribution in [0, 0.1) is 5.92 Å². The minimum atomic E-state index is -0.705. The number of nitrogens with one attached hydrogen (secondary N) is 1. The smallest absolute Gasteiger partial charge is 0.265 e. The molecule has 0 fully saturated rings. The molecule has 0 heterocycles. The van der Waals surface area contributed by atoms with E-state index in [1.54, 1.807) is 18.2 Å². The van der Waals surface area contributed by atoms with Gasteiger partial charge >= 0.3 is 0 Å². The largest absolute Gasteiger partial charge is 0.480 e. The van der Waals surface area contributed by atoms with Gasteiger partial charge in [-0.05, 0) is 53.4 Å². The van der Waals surface area contributed by atoms with Gasteiger partial charge in [0.25, 0.3) is 5.91 Å². The highest BCUT2D eigenvalue weighted by atomic mass is 79.9. The quantitative estimate of drug-likeness (QED) is 0.239. The van der Waals surface area contributed by atoms with Crippen molar-refractivity contribution >= 4 is 33.3 Å². The van der Waals surface area contributed by atoms with Crippen LogP contribution in [-0.2, 0) is 15.6 Å². The van der Waals surface area contributed by atoms with E-state index in [1.807, 2.05) is 26.0 Å². The molecule has 2 aromatic rings. The van der Waals surface area contributed by atoms with E-state index < -0.39 is 6.10 Å². The second kappa shape index (κ2) is 11.5. The summed E-state index contributed by atoms with van der Waals surface area (Å²) in [5, 5.41) is 3.13. The summed E-state index contributed by atoms with van der Waals surface area (Å²) < 4.78 is 6.45. The molecule has 0 aromatic heterocycles. The summed E-state index contributed by atoms with van der Waals surface area (Å²) in [4.78, 5) is 25.7. The molecule has 186 valence electrons. The molecule has 34 heavy (non-hydrogen) atoms. The monoisotopic (exact) mass is 529 g/mol. The Morgan fingerprint density at radius 2 is 1.59 bits per heavy atom. The van der Waals surface area contributed by atoms with Crippen molar-refractivity contribution in [3.63, 3.8) is 0 Å². The molecule has 0 aliphatic heterocycles. The van der Waals surface area contributed by atoms with Gasteiger partial charge in [0, 0.05) is 11.1 Å². The number of rotatable bonds is 11. The fourth-order valence-corrected chi connectivity index (χ4v) is 4.02. The zero-order valence-corrected chi connectivity index (χ0v) is 23.5. The number of alkyl halides is 1. The maximum Gasteiger partial charge on any atom is 0.265 e. The number of carbonyl (C=O) groups is 2. The number of ether oxygens (including phenoxy) is 1. The van der Waals surface area contributed by atoms with E-state index in [2.05, 4.69) is 74.9 Å². The Labute approximate surface area is 214 Å². The molecule has 1 N–H and O–H groups in total. The van der Waals surface area contributed by atoms with Gasteiger partial charge in [0.1, 0.15) is 5.75 Å². The fraction of sp³-hybridized carbons (Fsp3) is 0.517. The minimum Gasteiger partial charge on any atom is -0.480 e. The van der Waals surface area contributed by atoms with E-state index in [4.69, 9.17) is 4.74 Å². The average Bonchev–Trinajstić information content (AvgIpc) is 2.81. The van der Waals surface area contributed by atoms with Crippen LogP contribution in [0.1, 0.15) is 89.7 Å². The summed E-state index contributed by atoms with van der Waals surface area (Å²) in [5.74, 6) is 0.326. The van der Waals surface area contributed by atoms with Crippen molar-refractivity contribution in [3.8, 4) is 5.75 Å². The molecule has 1 atom stereocenters. The van der Waals surface area contributed by atoms with Gasteiger partial charge in [-0.1, -0.05) is 95.6 Å². The zero-order chi connectivity index (χ0) is 25.7. The molecule has 0 aliphatic carbocycles. The molecular formula is C29H40BrNO3. The number of carbonyl (C=O) groups excluding carboxylic acids is 2. The zero-order valence-electron chi connectivity index (χ0n) is 21.9. The lowest BCUT2D eigenvalue weighted by Crippen LogP contribution is -2.38. The third-order valence-electron chi connectivity index (χ3n) is 6.98. The molecule has 0 saturated carbocycles. The number of para-hydroxylation sites is 1. The second-order valence-corrected chi connectivity index (χ2v) is 11.1. The van der Waals surface area contributed by atoms with E-state index in [0.717, 1.165) is 24.2 Å². The molecule has 4 nitrogen and oxygen atoms in total. The fourth-order valence-electron chi connectivity index (χ4n) is 3.72. The number of anilines is 1. The lowest BCUT2D eigenvalue weighted by atomic mass is 9.76. The first-order valence-corrected chi connectivity index (χ1v) is 13.3. The Hall–Kier alpha value is -2.14. The maximum absolute atomic E-state index is 13.4. The number of hydrogen-bond donors (Lipinski definition) is 1. The van der Waals surface area contributed by atoms with Gasteiger partial charge in [0.15, 0.2) is 11.9 Å². The Balaban J connectivity index is 2.44. The SMILES string of the molecule is CCC(C)(C)c1ccc(OC(C(=O)Nc2ccccc2C(=O)CBr)C(C)C)c(C(C)(C)CC)c1. The molecule has 0 bridgehead atoms. The van der Waals surface area contributed by atoms with Crippen molar-refractivity contribution in [1.29, 1.82) is 0 Å². The molecule has 0 saturated heterocycles. The highest BCUT2D eigenvalue weighted by molar-refractivity contribution is 9.09. The van der Waals surface area contributed by atoms with Gasteiger partial charge in [-0.3, -0.25) is 9.59 Å². The molecule has 2 rings (SSSR count). The van der Waals surface area contributed by atoms with Gasteiger partial charge in [0.2, 0.25) is 0 Å². The number of benzene rings is 2. The average molecular weight is 531 g/mol.